The van der Waals surface area contributed by atoms with Crippen LogP contribution in [0.25, 0.3) is 0 Å². The summed E-state index contributed by atoms with van der Waals surface area (Å²) in [5.74, 6) is 0. The molecule has 1 saturated carbocycles. The van der Waals surface area contributed by atoms with Crippen LogP contribution in [0.2, 0.25) is 0 Å². The standard InChI is InChI=1S/C17H33N3O/c1-2-3-4-5-14-21-17-8-6-15(7-9-17)19-20-16-10-12-18-13-11-16/h15-18H,2-14H2,1H3. The topological polar surface area (TPSA) is 46.0 Å². The predicted molar refractivity (Wildman–Crippen MR) is 86.9 cm³/mol. The summed E-state index contributed by atoms with van der Waals surface area (Å²) < 4.78 is 5.99. The zero-order chi connectivity index (χ0) is 14.8. The monoisotopic (exact) mass is 295 g/mol. The van der Waals surface area contributed by atoms with Gasteiger partial charge in [-0.1, -0.05) is 26.2 Å². The Bertz CT molecular complexity index is 282. The minimum absolute atomic E-state index is 0.458. The lowest BCUT2D eigenvalue weighted by Gasteiger charge is -2.26. The van der Waals surface area contributed by atoms with Crippen molar-refractivity contribution in [3.63, 3.8) is 0 Å². The SMILES string of the molecule is CCCCCCOC1CCC(N=NC2CCNCC2)CC1. The molecule has 1 aliphatic carbocycles. The van der Waals surface area contributed by atoms with Crippen molar-refractivity contribution in [1.82, 2.24) is 5.32 Å². The fourth-order valence-corrected chi connectivity index (χ4v) is 3.22. The first kappa shape index (κ1) is 16.9. The van der Waals surface area contributed by atoms with Gasteiger partial charge in [0.25, 0.3) is 0 Å². The molecule has 122 valence electrons. The molecule has 1 N–H and O–H groups in total. The minimum Gasteiger partial charge on any atom is -0.378 e. The van der Waals surface area contributed by atoms with Crippen LogP contribution in [0.15, 0.2) is 10.2 Å². The van der Waals surface area contributed by atoms with Crippen LogP contribution >= 0.6 is 0 Å². The Hall–Kier alpha value is -0.480. The van der Waals surface area contributed by atoms with E-state index in [2.05, 4.69) is 22.5 Å². The van der Waals surface area contributed by atoms with E-state index in [0.29, 0.717) is 18.2 Å². The van der Waals surface area contributed by atoms with Crippen molar-refractivity contribution >= 4 is 0 Å². The molecule has 1 aliphatic heterocycles. The van der Waals surface area contributed by atoms with Gasteiger partial charge in [0.05, 0.1) is 18.2 Å². The Morgan fingerprint density at radius 2 is 1.52 bits per heavy atom. The zero-order valence-corrected chi connectivity index (χ0v) is 13.7. The van der Waals surface area contributed by atoms with Gasteiger partial charge in [0.15, 0.2) is 0 Å². The molecule has 0 spiro atoms. The maximum absolute atomic E-state index is 5.99. The first-order valence-electron chi connectivity index (χ1n) is 9.10. The van der Waals surface area contributed by atoms with Crippen molar-refractivity contribution in [3.8, 4) is 0 Å². The summed E-state index contributed by atoms with van der Waals surface area (Å²) in [6.45, 7) is 5.40. The largest absolute Gasteiger partial charge is 0.378 e. The predicted octanol–water partition coefficient (Wildman–Crippen LogP) is 4.10. The number of piperidine rings is 1. The lowest BCUT2D eigenvalue weighted by molar-refractivity contribution is 0.0227. The highest BCUT2D eigenvalue weighted by molar-refractivity contribution is 4.78. The van der Waals surface area contributed by atoms with Crippen LogP contribution in [-0.4, -0.2) is 37.9 Å². The Labute approximate surface area is 130 Å². The van der Waals surface area contributed by atoms with Gasteiger partial charge in [-0.05, 0) is 58.0 Å². The van der Waals surface area contributed by atoms with Crippen molar-refractivity contribution in [2.45, 2.75) is 89.3 Å². The van der Waals surface area contributed by atoms with E-state index in [4.69, 9.17) is 4.74 Å². The lowest BCUT2D eigenvalue weighted by atomic mass is 9.93. The van der Waals surface area contributed by atoms with E-state index >= 15 is 0 Å². The smallest absolute Gasteiger partial charge is 0.0732 e. The Kier molecular flexibility index (Phi) is 8.26. The van der Waals surface area contributed by atoms with E-state index in [1.54, 1.807) is 0 Å². The van der Waals surface area contributed by atoms with E-state index < -0.39 is 0 Å². The first-order chi connectivity index (χ1) is 10.4. The lowest BCUT2D eigenvalue weighted by Crippen LogP contribution is -2.30. The van der Waals surface area contributed by atoms with E-state index in [0.717, 1.165) is 45.4 Å². The van der Waals surface area contributed by atoms with Gasteiger partial charge in [-0.15, -0.1) is 0 Å². The van der Waals surface area contributed by atoms with Crippen LogP contribution < -0.4 is 5.32 Å². The molecule has 0 radical (unpaired) electrons. The number of nitrogens with zero attached hydrogens (tertiary/aromatic N) is 2. The van der Waals surface area contributed by atoms with E-state index in [9.17, 15) is 0 Å². The van der Waals surface area contributed by atoms with Crippen LogP contribution in [0.4, 0.5) is 0 Å². The van der Waals surface area contributed by atoms with E-state index in [1.165, 1.54) is 38.5 Å². The third-order valence-electron chi connectivity index (χ3n) is 4.70. The number of nitrogens with one attached hydrogen (secondary N) is 1. The van der Waals surface area contributed by atoms with Gasteiger partial charge < -0.3 is 10.1 Å². The average Bonchev–Trinajstić information content (AvgIpc) is 2.55. The van der Waals surface area contributed by atoms with Crippen molar-refractivity contribution in [3.05, 3.63) is 0 Å². The first-order valence-corrected chi connectivity index (χ1v) is 9.10. The number of hydrogen-bond donors (Lipinski definition) is 1. The fraction of sp³-hybridized carbons (Fsp3) is 1.00. The van der Waals surface area contributed by atoms with Gasteiger partial charge >= 0.3 is 0 Å². The maximum atomic E-state index is 5.99. The highest BCUT2D eigenvalue weighted by atomic mass is 16.5. The molecule has 0 atom stereocenters. The molecule has 21 heavy (non-hydrogen) atoms. The summed E-state index contributed by atoms with van der Waals surface area (Å²) >= 11 is 0. The highest BCUT2D eigenvalue weighted by Gasteiger charge is 2.21. The summed E-state index contributed by atoms with van der Waals surface area (Å²) in [6, 6.07) is 0.929. The molecule has 0 aromatic carbocycles. The number of unbranched alkanes of at least 4 members (excludes halogenated alkanes) is 3. The molecular weight excluding hydrogens is 262 g/mol. The maximum Gasteiger partial charge on any atom is 0.0732 e. The van der Waals surface area contributed by atoms with Gasteiger partial charge in [-0.25, -0.2) is 0 Å². The second-order valence-corrected chi connectivity index (χ2v) is 6.57. The number of azo groups is 1. The summed E-state index contributed by atoms with van der Waals surface area (Å²) in [7, 11) is 0. The van der Waals surface area contributed by atoms with Crippen molar-refractivity contribution < 1.29 is 4.74 Å². The van der Waals surface area contributed by atoms with Crippen LogP contribution in [-0.2, 0) is 4.74 Å². The molecule has 0 aromatic heterocycles. The Morgan fingerprint density at radius 1 is 0.857 bits per heavy atom. The molecule has 2 fully saturated rings. The van der Waals surface area contributed by atoms with Gasteiger partial charge in [-0.2, -0.15) is 10.2 Å². The Balaban J connectivity index is 1.54. The summed E-state index contributed by atoms with van der Waals surface area (Å²) in [5, 5.41) is 12.5. The summed E-state index contributed by atoms with van der Waals surface area (Å²) in [4.78, 5) is 0. The van der Waals surface area contributed by atoms with Crippen LogP contribution in [0.5, 0.6) is 0 Å². The zero-order valence-electron chi connectivity index (χ0n) is 13.7. The van der Waals surface area contributed by atoms with Gasteiger partial charge in [0.2, 0.25) is 0 Å². The second kappa shape index (κ2) is 10.3. The normalized spacial score (nSPS) is 28.2. The summed E-state index contributed by atoms with van der Waals surface area (Å²) in [6.07, 6.45) is 12.6. The third-order valence-corrected chi connectivity index (χ3v) is 4.70. The average molecular weight is 295 g/mol. The number of hydrogen-bond acceptors (Lipinski definition) is 4. The molecule has 0 amide bonds. The molecule has 0 bridgehead atoms. The van der Waals surface area contributed by atoms with E-state index in [-0.39, 0.29) is 0 Å². The van der Waals surface area contributed by atoms with Gasteiger partial charge in [0, 0.05) is 6.61 Å². The molecule has 2 aliphatic rings. The molecule has 2 rings (SSSR count). The van der Waals surface area contributed by atoms with Crippen molar-refractivity contribution in [1.29, 1.82) is 0 Å². The quantitative estimate of drug-likeness (QED) is 0.541. The minimum atomic E-state index is 0.458. The summed E-state index contributed by atoms with van der Waals surface area (Å²) in [5.41, 5.74) is 0. The number of ether oxygens (including phenoxy) is 1. The van der Waals surface area contributed by atoms with Crippen LogP contribution in [0.1, 0.15) is 71.1 Å². The van der Waals surface area contributed by atoms with Gasteiger partial charge in [0.1, 0.15) is 0 Å². The molecule has 0 aromatic rings. The molecular formula is C17H33N3O. The molecule has 0 unspecified atom stereocenters. The third kappa shape index (κ3) is 6.88. The van der Waals surface area contributed by atoms with Gasteiger partial charge in [-0.3, -0.25) is 0 Å². The van der Waals surface area contributed by atoms with Crippen molar-refractivity contribution in [2.75, 3.05) is 19.7 Å². The molecule has 1 saturated heterocycles. The number of rotatable bonds is 8. The van der Waals surface area contributed by atoms with Crippen molar-refractivity contribution in [2.24, 2.45) is 10.2 Å². The van der Waals surface area contributed by atoms with Crippen LogP contribution in [0.3, 0.4) is 0 Å². The highest BCUT2D eigenvalue weighted by Crippen LogP contribution is 2.24. The fourth-order valence-electron chi connectivity index (χ4n) is 3.22. The molecule has 4 nitrogen and oxygen atoms in total. The Morgan fingerprint density at radius 3 is 2.19 bits per heavy atom. The second-order valence-electron chi connectivity index (χ2n) is 6.57. The van der Waals surface area contributed by atoms with E-state index in [1.807, 2.05) is 0 Å². The molecule has 1 heterocycles. The van der Waals surface area contributed by atoms with Crippen LogP contribution in [0, 0.1) is 0 Å². The molecule has 4 heteroatoms.